The van der Waals surface area contributed by atoms with E-state index in [1.54, 1.807) is 12.1 Å². The third-order valence-corrected chi connectivity index (χ3v) is 6.14. The number of benzene rings is 1. The molecule has 1 fully saturated rings. The van der Waals surface area contributed by atoms with E-state index >= 15 is 0 Å². The van der Waals surface area contributed by atoms with Crippen molar-refractivity contribution in [1.82, 2.24) is 4.72 Å². The summed E-state index contributed by atoms with van der Waals surface area (Å²) in [4.78, 5) is 0.311. The van der Waals surface area contributed by atoms with Crippen LogP contribution in [-0.2, 0) is 10.0 Å². The van der Waals surface area contributed by atoms with Crippen LogP contribution in [0.25, 0.3) is 0 Å². The molecule has 1 N–H and O–H groups in total. The molecule has 0 spiro atoms. The van der Waals surface area contributed by atoms with Crippen LogP contribution >= 0.6 is 11.6 Å². The molecule has 0 amide bonds. The lowest BCUT2D eigenvalue weighted by molar-refractivity contribution is 0.239. The van der Waals surface area contributed by atoms with Crippen LogP contribution in [0.3, 0.4) is 0 Å². The van der Waals surface area contributed by atoms with Crippen LogP contribution in [-0.4, -0.2) is 19.8 Å². The van der Waals surface area contributed by atoms with Gasteiger partial charge in [-0.1, -0.05) is 37.5 Å². The average molecular weight is 316 g/mol. The zero-order valence-electron chi connectivity index (χ0n) is 12.0. The van der Waals surface area contributed by atoms with Crippen LogP contribution in [0.15, 0.2) is 29.2 Å². The molecule has 2 unspecified atom stereocenters. The van der Waals surface area contributed by atoms with Gasteiger partial charge in [0.1, 0.15) is 0 Å². The topological polar surface area (TPSA) is 46.2 Å². The molecule has 1 saturated carbocycles. The van der Waals surface area contributed by atoms with E-state index < -0.39 is 15.6 Å². The van der Waals surface area contributed by atoms with Crippen molar-refractivity contribution in [3.05, 3.63) is 29.8 Å². The van der Waals surface area contributed by atoms with Crippen LogP contribution < -0.4 is 4.72 Å². The van der Waals surface area contributed by atoms with E-state index in [9.17, 15) is 8.42 Å². The molecule has 0 aliphatic heterocycles. The number of rotatable bonds is 4. The summed E-state index contributed by atoms with van der Waals surface area (Å²) in [6.45, 7) is 4.09. The van der Waals surface area contributed by atoms with Crippen LogP contribution in [0.1, 0.15) is 38.2 Å². The normalized spacial score (nSPS) is 27.4. The Kier molecular flexibility index (Phi) is 4.77. The highest BCUT2D eigenvalue weighted by atomic mass is 35.5. The Balaban J connectivity index is 2.23. The molecule has 1 aromatic carbocycles. The lowest BCUT2D eigenvalue weighted by Gasteiger charge is -2.39. The molecule has 1 aliphatic carbocycles. The molecule has 1 aliphatic rings. The third kappa shape index (κ3) is 3.54. The van der Waals surface area contributed by atoms with Crippen molar-refractivity contribution in [2.75, 3.05) is 5.88 Å². The largest absolute Gasteiger partial charge is 0.241 e. The molecule has 1 aromatic rings. The lowest BCUT2D eigenvalue weighted by Crippen LogP contribution is -2.52. The Hall–Kier alpha value is -0.580. The molecule has 0 bridgehead atoms. The van der Waals surface area contributed by atoms with E-state index in [1.807, 2.05) is 19.1 Å². The van der Waals surface area contributed by atoms with Crippen molar-refractivity contribution < 1.29 is 8.42 Å². The minimum atomic E-state index is -3.51. The lowest BCUT2D eigenvalue weighted by atomic mass is 9.78. The van der Waals surface area contributed by atoms with E-state index in [4.69, 9.17) is 11.6 Å². The van der Waals surface area contributed by atoms with Gasteiger partial charge in [-0.05, 0) is 37.8 Å². The summed E-state index contributed by atoms with van der Waals surface area (Å²) in [6, 6.07) is 6.91. The molecule has 0 heterocycles. The smallest absolute Gasteiger partial charge is 0.207 e. The van der Waals surface area contributed by atoms with Crippen LogP contribution in [0, 0.1) is 12.8 Å². The van der Waals surface area contributed by atoms with Gasteiger partial charge in [0.2, 0.25) is 10.0 Å². The third-order valence-electron chi connectivity index (χ3n) is 4.03. The molecule has 3 nitrogen and oxygen atoms in total. The Morgan fingerprint density at radius 1 is 1.35 bits per heavy atom. The van der Waals surface area contributed by atoms with Gasteiger partial charge in [0.25, 0.3) is 0 Å². The van der Waals surface area contributed by atoms with Crippen molar-refractivity contribution in [3.8, 4) is 0 Å². The minimum absolute atomic E-state index is 0.311. The van der Waals surface area contributed by atoms with Crippen molar-refractivity contribution in [3.63, 3.8) is 0 Å². The van der Waals surface area contributed by atoms with Gasteiger partial charge >= 0.3 is 0 Å². The summed E-state index contributed by atoms with van der Waals surface area (Å²) in [5, 5.41) is 0. The highest BCUT2D eigenvalue weighted by Crippen LogP contribution is 2.34. The van der Waals surface area contributed by atoms with Crippen LogP contribution in [0.2, 0.25) is 0 Å². The van der Waals surface area contributed by atoms with E-state index in [-0.39, 0.29) is 0 Å². The molecule has 5 heteroatoms. The number of hydrogen-bond acceptors (Lipinski definition) is 2. The number of sulfonamides is 1. The van der Waals surface area contributed by atoms with E-state index in [1.165, 1.54) is 0 Å². The first-order chi connectivity index (χ1) is 9.37. The quantitative estimate of drug-likeness (QED) is 0.865. The van der Waals surface area contributed by atoms with Gasteiger partial charge in [-0.3, -0.25) is 0 Å². The summed E-state index contributed by atoms with van der Waals surface area (Å²) in [7, 11) is -3.51. The second-order valence-electron chi connectivity index (χ2n) is 6.03. The Morgan fingerprint density at radius 2 is 2.00 bits per heavy atom. The van der Waals surface area contributed by atoms with Crippen LogP contribution in [0.5, 0.6) is 0 Å². The predicted molar refractivity (Wildman–Crippen MR) is 82.6 cm³/mol. The highest BCUT2D eigenvalue weighted by molar-refractivity contribution is 7.89. The summed E-state index contributed by atoms with van der Waals surface area (Å²) >= 11 is 6.09. The molecule has 0 saturated heterocycles. The fraction of sp³-hybridized carbons (Fsp3) is 0.600. The van der Waals surface area contributed by atoms with Gasteiger partial charge in [0.05, 0.1) is 4.90 Å². The molecule has 2 rings (SSSR count). The molecule has 0 aromatic heterocycles. The zero-order valence-corrected chi connectivity index (χ0v) is 13.6. The molecule has 2 atom stereocenters. The maximum atomic E-state index is 12.5. The first kappa shape index (κ1) is 15.8. The number of nitrogens with one attached hydrogen (secondary N) is 1. The Morgan fingerprint density at radius 3 is 2.55 bits per heavy atom. The summed E-state index contributed by atoms with van der Waals surface area (Å²) < 4.78 is 27.9. The highest BCUT2D eigenvalue weighted by Gasteiger charge is 2.38. The maximum absolute atomic E-state index is 12.5. The van der Waals surface area contributed by atoms with E-state index in [0.29, 0.717) is 16.7 Å². The fourth-order valence-corrected chi connectivity index (χ4v) is 4.79. The maximum Gasteiger partial charge on any atom is 0.241 e. The number of halogens is 1. The van der Waals surface area contributed by atoms with E-state index in [0.717, 1.165) is 31.2 Å². The van der Waals surface area contributed by atoms with Crippen LogP contribution in [0.4, 0.5) is 0 Å². The predicted octanol–water partition coefficient (Wildman–Crippen LogP) is 3.46. The van der Waals surface area contributed by atoms with Gasteiger partial charge < -0.3 is 0 Å². The first-order valence-corrected chi connectivity index (χ1v) is 9.05. The first-order valence-electron chi connectivity index (χ1n) is 7.03. The second-order valence-corrected chi connectivity index (χ2v) is 7.98. The summed E-state index contributed by atoms with van der Waals surface area (Å²) in [5.41, 5.74) is 0.547. The zero-order chi connectivity index (χ0) is 14.8. The van der Waals surface area contributed by atoms with Crippen molar-refractivity contribution in [2.24, 2.45) is 5.92 Å². The Bertz CT molecular complexity index is 556. The van der Waals surface area contributed by atoms with Gasteiger partial charge in [-0.2, -0.15) is 0 Å². The molecule has 0 radical (unpaired) electrons. The van der Waals surface area contributed by atoms with Crippen molar-refractivity contribution in [1.29, 1.82) is 0 Å². The number of aryl methyl sites for hydroxylation is 1. The standard InChI is InChI=1S/C15H22ClNO2S/c1-12-5-7-14(8-6-12)20(18,19)17-15(11-16)9-3-4-13(2)10-15/h5-8,13,17H,3-4,9-11H2,1-2H3. The van der Waals surface area contributed by atoms with Gasteiger partial charge in [0.15, 0.2) is 0 Å². The molecule has 112 valence electrons. The number of alkyl halides is 1. The van der Waals surface area contributed by atoms with Gasteiger partial charge in [-0.15, -0.1) is 11.6 Å². The monoisotopic (exact) mass is 315 g/mol. The van der Waals surface area contributed by atoms with Gasteiger partial charge in [0, 0.05) is 11.4 Å². The summed E-state index contributed by atoms with van der Waals surface area (Å²) in [6.07, 6.45) is 3.78. The minimum Gasteiger partial charge on any atom is -0.207 e. The van der Waals surface area contributed by atoms with Crippen molar-refractivity contribution in [2.45, 2.75) is 50.0 Å². The molecular formula is C15H22ClNO2S. The van der Waals surface area contributed by atoms with Gasteiger partial charge in [-0.25, -0.2) is 13.1 Å². The molecular weight excluding hydrogens is 294 g/mol. The SMILES string of the molecule is Cc1ccc(S(=O)(=O)NC2(CCl)CCCC(C)C2)cc1. The average Bonchev–Trinajstić information content (AvgIpc) is 2.38. The number of hydrogen-bond donors (Lipinski definition) is 1. The fourth-order valence-electron chi connectivity index (χ4n) is 2.96. The van der Waals surface area contributed by atoms with E-state index in [2.05, 4.69) is 11.6 Å². The second kappa shape index (κ2) is 6.04. The van der Waals surface area contributed by atoms with Crippen molar-refractivity contribution >= 4 is 21.6 Å². The Labute approximate surface area is 126 Å². The molecule has 20 heavy (non-hydrogen) atoms. The summed E-state index contributed by atoms with van der Waals surface area (Å²) in [5.74, 6) is 0.825.